The van der Waals surface area contributed by atoms with E-state index in [1.807, 2.05) is 6.92 Å². The molecule has 0 saturated heterocycles. The lowest BCUT2D eigenvalue weighted by atomic mass is 10.2. The van der Waals surface area contributed by atoms with Crippen LogP contribution in [0.3, 0.4) is 0 Å². The number of ether oxygens (including phenoxy) is 1. The van der Waals surface area contributed by atoms with Crippen molar-refractivity contribution in [3.8, 4) is 5.75 Å². The second-order valence-electron chi connectivity index (χ2n) is 4.37. The predicted molar refractivity (Wildman–Crippen MR) is 86.2 cm³/mol. The molecule has 0 fully saturated rings. The van der Waals surface area contributed by atoms with E-state index in [1.165, 1.54) is 6.07 Å². The van der Waals surface area contributed by atoms with E-state index in [0.717, 1.165) is 5.56 Å². The van der Waals surface area contributed by atoms with E-state index in [9.17, 15) is 8.60 Å². The number of rotatable bonds is 5. The van der Waals surface area contributed by atoms with E-state index in [2.05, 4.69) is 15.9 Å². The van der Waals surface area contributed by atoms with E-state index in [1.54, 1.807) is 30.3 Å². The summed E-state index contributed by atoms with van der Waals surface area (Å²) in [7, 11) is -1.32. The van der Waals surface area contributed by atoms with Crippen molar-refractivity contribution < 1.29 is 13.3 Å². The third-order valence-electron chi connectivity index (χ3n) is 2.82. The fraction of sp³-hybridized carbons (Fsp3) is 0.200. The highest BCUT2D eigenvalue weighted by atomic mass is 79.9. The highest BCUT2D eigenvalue weighted by Gasteiger charge is 2.11. The van der Waals surface area contributed by atoms with Gasteiger partial charge in [0.2, 0.25) is 0 Å². The van der Waals surface area contributed by atoms with Crippen LogP contribution >= 0.6 is 15.9 Å². The zero-order chi connectivity index (χ0) is 15.4. The summed E-state index contributed by atoms with van der Waals surface area (Å²) in [6.07, 6.45) is 0. The van der Waals surface area contributed by atoms with Gasteiger partial charge in [-0.15, -0.1) is 0 Å². The van der Waals surface area contributed by atoms with Gasteiger partial charge in [-0.3, -0.25) is 4.21 Å². The first kappa shape index (κ1) is 16.0. The molecule has 3 nitrogen and oxygen atoms in total. The first-order valence-corrected chi connectivity index (χ1v) is 8.47. The average molecular weight is 372 g/mol. The van der Waals surface area contributed by atoms with Crippen molar-refractivity contribution in [1.82, 2.24) is 0 Å². The van der Waals surface area contributed by atoms with Gasteiger partial charge < -0.3 is 10.5 Å². The predicted octanol–water partition coefficient (Wildman–Crippen LogP) is 3.88. The molecule has 0 aromatic heterocycles. The normalized spacial score (nSPS) is 12.1. The van der Waals surface area contributed by atoms with Gasteiger partial charge in [-0.1, -0.05) is 6.07 Å². The molecule has 112 valence electrons. The van der Waals surface area contributed by atoms with Gasteiger partial charge in [0.25, 0.3) is 0 Å². The monoisotopic (exact) mass is 371 g/mol. The maximum absolute atomic E-state index is 13.2. The second-order valence-corrected chi connectivity index (χ2v) is 6.64. The molecule has 6 heteroatoms. The standard InChI is InChI=1S/C15H15BrFNO2S/c1-2-20-11-4-6-14(18)15(8-11)21(19)9-10-3-5-13(17)12(16)7-10/h3-8H,2,9,18H2,1H3. The zero-order valence-electron chi connectivity index (χ0n) is 11.4. The molecule has 0 aliphatic carbocycles. The zero-order valence-corrected chi connectivity index (χ0v) is 13.8. The summed E-state index contributed by atoms with van der Waals surface area (Å²) < 4.78 is 31.4. The fourth-order valence-corrected chi connectivity index (χ4v) is 3.47. The van der Waals surface area contributed by atoms with Crippen LogP contribution in [-0.4, -0.2) is 10.8 Å². The van der Waals surface area contributed by atoms with Crippen molar-refractivity contribution in [1.29, 1.82) is 0 Å². The van der Waals surface area contributed by atoms with Crippen LogP contribution in [0.4, 0.5) is 10.1 Å². The summed E-state index contributed by atoms with van der Waals surface area (Å²) in [5.41, 5.74) is 7.10. The van der Waals surface area contributed by atoms with Crippen LogP contribution in [0.1, 0.15) is 12.5 Å². The van der Waals surface area contributed by atoms with E-state index < -0.39 is 10.8 Å². The highest BCUT2D eigenvalue weighted by Crippen LogP contribution is 2.26. The van der Waals surface area contributed by atoms with Gasteiger partial charge in [0, 0.05) is 5.69 Å². The van der Waals surface area contributed by atoms with Gasteiger partial charge in [-0.2, -0.15) is 0 Å². The van der Waals surface area contributed by atoms with Gasteiger partial charge in [0.15, 0.2) is 0 Å². The van der Waals surface area contributed by atoms with E-state index >= 15 is 0 Å². The molecule has 0 spiro atoms. The van der Waals surface area contributed by atoms with Crippen molar-refractivity contribution in [2.45, 2.75) is 17.6 Å². The Morgan fingerprint density at radius 2 is 2.05 bits per heavy atom. The molecule has 0 amide bonds. The maximum atomic E-state index is 13.2. The lowest BCUT2D eigenvalue weighted by Gasteiger charge is -2.09. The van der Waals surface area contributed by atoms with Crippen molar-refractivity contribution in [2.24, 2.45) is 0 Å². The van der Waals surface area contributed by atoms with Gasteiger partial charge in [0.1, 0.15) is 11.6 Å². The summed E-state index contributed by atoms with van der Waals surface area (Å²) in [4.78, 5) is 0.529. The maximum Gasteiger partial charge on any atom is 0.137 e. The van der Waals surface area contributed by atoms with E-state index in [4.69, 9.17) is 10.5 Å². The Balaban J connectivity index is 2.23. The van der Waals surface area contributed by atoms with E-state index in [0.29, 0.717) is 27.4 Å². The summed E-state index contributed by atoms with van der Waals surface area (Å²) in [6, 6.07) is 9.69. The average Bonchev–Trinajstić information content (AvgIpc) is 2.45. The van der Waals surface area contributed by atoms with Crippen LogP contribution in [-0.2, 0) is 16.6 Å². The van der Waals surface area contributed by atoms with Crippen LogP contribution in [0.5, 0.6) is 5.75 Å². The van der Waals surface area contributed by atoms with Crippen molar-refractivity contribution in [3.63, 3.8) is 0 Å². The van der Waals surface area contributed by atoms with Gasteiger partial charge in [-0.05, 0) is 58.7 Å². The van der Waals surface area contributed by atoms with Crippen LogP contribution in [0, 0.1) is 5.82 Å². The van der Waals surface area contributed by atoms with Crippen molar-refractivity contribution in [2.75, 3.05) is 12.3 Å². The minimum absolute atomic E-state index is 0.263. The summed E-state index contributed by atoms with van der Waals surface area (Å²) >= 11 is 3.12. The molecule has 2 aromatic carbocycles. The molecule has 1 unspecified atom stereocenters. The third-order valence-corrected chi connectivity index (χ3v) is 4.87. The minimum Gasteiger partial charge on any atom is -0.494 e. The molecule has 2 N–H and O–H groups in total. The molecular formula is C15H15BrFNO2S. The van der Waals surface area contributed by atoms with E-state index in [-0.39, 0.29) is 11.6 Å². The molecule has 2 aromatic rings. The molecule has 0 bridgehead atoms. The largest absolute Gasteiger partial charge is 0.494 e. The molecule has 21 heavy (non-hydrogen) atoms. The number of anilines is 1. The number of hydrogen-bond donors (Lipinski definition) is 1. The Labute approximate surface area is 133 Å². The van der Waals surface area contributed by atoms with Crippen LogP contribution < -0.4 is 10.5 Å². The highest BCUT2D eigenvalue weighted by molar-refractivity contribution is 9.10. The van der Waals surface area contributed by atoms with Crippen LogP contribution in [0.15, 0.2) is 45.8 Å². The number of nitrogen functional groups attached to an aromatic ring is 1. The van der Waals surface area contributed by atoms with Gasteiger partial charge >= 0.3 is 0 Å². The third kappa shape index (κ3) is 4.04. The molecule has 0 heterocycles. The van der Waals surface area contributed by atoms with Crippen LogP contribution in [0.25, 0.3) is 0 Å². The SMILES string of the molecule is CCOc1ccc(N)c(S(=O)Cc2ccc(F)c(Br)c2)c1. The van der Waals surface area contributed by atoms with Gasteiger partial charge in [0.05, 0.1) is 32.5 Å². The van der Waals surface area contributed by atoms with Crippen molar-refractivity contribution >= 4 is 32.4 Å². The topological polar surface area (TPSA) is 52.3 Å². The molecule has 0 saturated carbocycles. The lowest BCUT2D eigenvalue weighted by molar-refractivity contribution is 0.339. The van der Waals surface area contributed by atoms with Crippen molar-refractivity contribution in [3.05, 3.63) is 52.3 Å². The first-order valence-electron chi connectivity index (χ1n) is 6.36. The quantitative estimate of drug-likeness (QED) is 0.811. The molecule has 1 atom stereocenters. The first-order chi connectivity index (χ1) is 10.0. The summed E-state index contributed by atoms with van der Waals surface area (Å²) in [6.45, 7) is 2.41. The molecular weight excluding hydrogens is 357 g/mol. The molecule has 0 aliphatic rings. The summed E-state index contributed by atoms with van der Waals surface area (Å²) in [5.74, 6) is 0.552. The Bertz CT molecular complexity index is 679. The molecule has 0 radical (unpaired) electrons. The molecule has 2 rings (SSSR count). The smallest absolute Gasteiger partial charge is 0.137 e. The lowest BCUT2D eigenvalue weighted by Crippen LogP contribution is -2.02. The number of halogens is 2. The Morgan fingerprint density at radius 3 is 2.71 bits per heavy atom. The van der Waals surface area contributed by atoms with Gasteiger partial charge in [-0.25, -0.2) is 4.39 Å². The Morgan fingerprint density at radius 1 is 1.29 bits per heavy atom. The minimum atomic E-state index is -1.32. The Hall–Kier alpha value is -1.40. The summed E-state index contributed by atoms with van der Waals surface area (Å²) in [5, 5.41) is 0. The molecule has 0 aliphatic heterocycles. The van der Waals surface area contributed by atoms with Crippen LogP contribution in [0.2, 0.25) is 0 Å². The Kier molecular flexibility index (Phi) is 5.36. The fourth-order valence-electron chi connectivity index (χ4n) is 1.83. The number of benzene rings is 2. The number of nitrogens with two attached hydrogens (primary N) is 1. The second kappa shape index (κ2) is 7.04. The number of hydrogen-bond acceptors (Lipinski definition) is 3.